The molecule has 1 aromatic heterocycles. The summed E-state index contributed by atoms with van der Waals surface area (Å²) in [6.45, 7) is 2.77. The first-order valence-corrected chi connectivity index (χ1v) is 7.55. The lowest BCUT2D eigenvalue weighted by molar-refractivity contribution is 0.156. The van der Waals surface area contributed by atoms with Crippen LogP contribution >= 0.6 is 0 Å². The molecule has 1 aliphatic carbocycles. The van der Waals surface area contributed by atoms with Gasteiger partial charge in [-0.3, -0.25) is 4.98 Å². The zero-order chi connectivity index (χ0) is 13.5. The minimum absolute atomic E-state index is 0.404. The Balaban J connectivity index is 1.84. The molecule has 1 aliphatic rings. The molecule has 1 aromatic rings. The van der Waals surface area contributed by atoms with Gasteiger partial charge in [-0.1, -0.05) is 32.6 Å². The molecule has 0 bridgehead atoms. The smallest absolute Gasteiger partial charge is 0.137 e. The van der Waals surface area contributed by atoms with Crippen molar-refractivity contribution in [3.63, 3.8) is 0 Å². The standard InChI is InChI=1S/C16H25NO2/c1-2-9-19-15-10-14(11-17-12-15)16(18)8-7-13-5-3-4-6-13/h10-13,16,18H,2-9H2,1H3. The van der Waals surface area contributed by atoms with E-state index in [-0.39, 0.29) is 0 Å². The summed E-state index contributed by atoms with van der Waals surface area (Å²) in [4.78, 5) is 4.15. The maximum Gasteiger partial charge on any atom is 0.137 e. The van der Waals surface area contributed by atoms with Crippen molar-refractivity contribution >= 4 is 0 Å². The molecule has 2 rings (SSSR count). The van der Waals surface area contributed by atoms with E-state index in [0.717, 1.165) is 36.5 Å². The van der Waals surface area contributed by atoms with Gasteiger partial charge in [0.1, 0.15) is 5.75 Å². The van der Waals surface area contributed by atoms with Crippen molar-refractivity contribution in [3.05, 3.63) is 24.0 Å². The quantitative estimate of drug-likeness (QED) is 0.812. The molecule has 0 radical (unpaired) electrons. The Kier molecular flexibility index (Phi) is 5.64. The average molecular weight is 263 g/mol. The van der Waals surface area contributed by atoms with Crippen LogP contribution < -0.4 is 4.74 Å². The van der Waals surface area contributed by atoms with Crippen molar-refractivity contribution in [1.29, 1.82) is 0 Å². The molecule has 3 nitrogen and oxygen atoms in total. The van der Waals surface area contributed by atoms with Crippen LogP contribution in [0, 0.1) is 5.92 Å². The van der Waals surface area contributed by atoms with Gasteiger partial charge in [0.05, 0.1) is 18.9 Å². The highest BCUT2D eigenvalue weighted by Gasteiger charge is 2.17. The summed E-state index contributed by atoms with van der Waals surface area (Å²) in [5.41, 5.74) is 0.881. The van der Waals surface area contributed by atoms with E-state index in [9.17, 15) is 5.11 Å². The second-order valence-electron chi connectivity index (χ2n) is 5.55. The molecule has 1 N–H and O–H groups in total. The summed E-state index contributed by atoms with van der Waals surface area (Å²) in [6, 6.07) is 1.92. The average Bonchev–Trinajstić information content (AvgIpc) is 2.96. The van der Waals surface area contributed by atoms with Gasteiger partial charge in [0.15, 0.2) is 0 Å². The number of pyridine rings is 1. The molecular formula is C16H25NO2. The molecule has 0 amide bonds. The fourth-order valence-corrected chi connectivity index (χ4v) is 2.78. The number of aliphatic hydroxyl groups is 1. The molecule has 3 heteroatoms. The highest BCUT2D eigenvalue weighted by Crippen LogP contribution is 2.31. The Morgan fingerprint density at radius 3 is 2.89 bits per heavy atom. The van der Waals surface area contributed by atoms with Gasteiger partial charge >= 0.3 is 0 Å². The third-order valence-corrected chi connectivity index (χ3v) is 3.92. The minimum Gasteiger partial charge on any atom is -0.492 e. The molecule has 0 aromatic carbocycles. The van der Waals surface area contributed by atoms with E-state index < -0.39 is 6.10 Å². The molecule has 1 atom stereocenters. The number of nitrogens with zero attached hydrogens (tertiary/aromatic N) is 1. The monoisotopic (exact) mass is 263 g/mol. The van der Waals surface area contributed by atoms with Gasteiger partial charge in [0, 0.05) is 11.8 Å². The zero-order valence-electron chi connectivity index (χ0n) is 11.8. The lowest BCUT2D eigenvalue weighted by atomic mass is 9.97. The molecule has 0 spiro atoms. The van der Waals surface area contributed by atoms with E-state index in [4.69, 9.17) is 4.74 Å². The zero-order valence-corrected chi connectivity index (χ0v) is 11.8. The van der Waals surface area contributed by atoms with Gasteiger partial charge in [-0.05, 0) is 31.2 Å². The summed E-state index contributed by atoms with van der Waals surface area (Å²) < 4.78 is 5.55. The van der Waals surface area contributed by atoms with Gasteiger partial charge in [0.25, 0.3) is 0 Å². The highest BCUT2D eigenvalue weighted by atomic mass is 16.5. The van der Waals surface area contributed by atoms with Crippen molar-refractivity contribution in [1.82, 2.24) is 4.98 Å². The Morgan fingerprint density at radius 1 is 1.37 bits per heavy atom. The summed E-state index contributed by atoms with van der Waals surface area (Å²) >= 11 is 0. The Bertz CT molecular complexity index is 375. The fraction of sp³-hybridized carbons (Fsp3) is 0.688. The third-order valence-electron chi connectivity index (χ3n) is 3.92. The number of ether oxygens (including phenoxy) is 1. The van der Waals surface area contributed by atoms with Crippen LogP contribution in [0.25, 0.3) is 0 Å². The predicted molar refractivity (Wildman–Crippen MR) is 76.2 cm³/mol. The maximum absolute atomic E-state index is 10.2. The first-order valence-electron chi connectivity index (χ1n) is 7.55. The van der Waals surface area contributed by atoms with Gasteiger partial charge in [-0.25, -0.2) is 0 Å². The van der Waals surface area contributed by atoms with Crippen LogP contribution in [0.2, 0.25) is 0 Å². The first kappa shape index (κ1) is 14.3. The topological polar surface area (TPSA) is 42.4 Å². The van der Waals surface area contributed by atoms with Crippen molar-refractivity contribution in [2.24, 2.45) is 5.92 Å². The second kappa shape index (κ2) is 7.49. The first-order chi connectivity index (χ1) is 9.29. The SMILES string of the molecule is CCCOc1cncc(C(O)CCC2CCCC2)c1. The third kappa shape index (κ3) is 4.50. The van der Waals surface area contributed by atoms with Gasteiger partial charge in [-0.15, -0.1) is 0 Å². The van der Waals surface area contributed by atoms with Crippen LogP contribution in [0.5, 0.6) is 5.75 Å². The van der Waals surface area contributed by atoms with E-state index >= 15 is 0 Å². The molecule has 1 saturated carbocycles. The minimum atomic E-state index is -0.404. The summed E-state index contributed by atoms with van der Waals surface area (Å²) in [6.07, 6.45) is 11.4. The number of hydrogen-bond donors (Lipinski definition) is 1. The van der Waals surface area contributed by atoms with Crippen molar-refractivity contribution in [3.8, 4) is 5.75 Å². The van der Waals surface area contributed by atoms with Gasteiger partial charge in [-0.2, -0.15) is 0 Å². The van der Waals surface area contributed by atoms with Crippen LogP contribution in [-0.2, 0) is 0 Å². The van der Waals surface area contributed by atoms with Crippen LogP contribution in [0.15, 0.2) is 18.5 Å². The van der Waals surface area contributed by atoms with Crippen LogP contribution in [-0.4, -0.2) is 16.7 Å². The van der Waals surface area contributed by atoms with Crippen molar-refractivity contribution in [2.75, 3.05) is 6.61 Å². The molecule has 1 fully saturated rings. The molecule has 0 aliphatic heterocycles. The van der Waals surface area contributed by atoms with E-state index in [1.807, 2.05) is 6.07 Å². The Hall–Kier alpha value is -1.09. The molecule has 19 heavy (non-hydrogen) atoms. The van der Waals surface area contributed by atoms with E-state index in [1.54, 1.807) is 12.4 Å². The van der Waals surface area contributed by atoms with E-state index in [1.165, 1.54) is 25.7 Å². The lowest BCUT2D eigenvalue weighted by Crippen LogP contribution is -2.03. The van der Waals surface area contributed by atoms with E-state index in [2.05, 4.69) is 11.9 Å². The molecule has 106 valence electrons. The highest BCUT2D eigenvalue weighted by molar-refractivity contribution is 5.25. The summed E-state index contributed by atoms with van der Waals surface area (Å²) in [5, 5.41) is 10.2. The van der Waals surface area contributed by atoms with Gasteiger partial charge < -0.3 is 9.84 Å². The van der Waals surface area contributed by atoms with Crippen LogP contribution in [0.3, 0.4) is 0 Å². The Morgan fingerprint density at radius 2 is 2.16 bits per heavy atom. The molecule has 0 saturated heterocycles. The fourth-order valence-electron chi connectivity index (χ4n) is 2.78. The number of aliphatic hydroxyl groups excluding tert-OH is 1. The Labute approximate surface area is 116 Å². The largest absolute Gasteiger partial charge is 0.492 e. The predicted octanol–water partition coefficient (Wildman–Crippen LogP) is 3.87. The summed E-state index contributed by atoms with van der Waals surface area (Å²) in [5.74, 6) is 1.58. The maximum atomic E-state index is 10.2. The number of hydrogen-bond acceptors (Lipinski definition) is 3. The second-order valence-corrected chi connectivity index (χ2v) is 5.55. The lowest BCUT2D eigenvalue weighted by Gasteiger charge is -2.14. The number of rotatable bonds is 7. The molecular weight excluding hydrogens is 238 g/mol. The van der Waals surface area contributed by atoms with Crippen molar-refractivity contribution in [2.45, 2.75) is 58.0 Å². The molecule has 1 heterocycles. The number of aromatic nitrogens is 1. The van der Waals surface area contributed by atoms with Crippen LogP contribution in [0.1, 0.15) is 63.5 Å². The van der Waals surface area contributed by atoms with Gasteiger partial charge in [0.2, 0.25) is 0 Å². The van der Waals surface area contributed by atoms with Crippen LogP contribution in [0.4, 0.5) is 0 Å². The summed E-state index contributed by atoms with van der Waals surface area (Å²) in [7, 11) is 0. The van der Waals surface area contributed by atoms with E-state index in [0.29, 0.717) is 6.61 Å². The van der Waals surface area contributed by atoms with Crippen molar-refractivity contribution < 1.29 is 9.84 Å². The molecule has 1 unspecified atom stereocenters. The normalized spacial score (nSPS) is 17.6.